The normalized spacial score (nSPS) is 10.5. The van der Waals surface area contributed by atoms with Gasteiger partial charge in [0.2, 0.25) is 0 Å². The number of para-hydroxylation sites is 2. The zero-order valence-electron chi connectivity index (χ0n) is 13.9. The van der Waals surface area contributed by atoms with Crippen LogP contribution in [0.1, 0.15) is 5.56 Å². The molecule has 1 amide bonds. The third kappa shape index (κ3) is 5.75. The number of hydrogen-bond donors (Lipinski definition) is 1. The summed E-state index contributed by atoms with van der Waals surface area (Å²) in [5.74, 6) is -1.35. The number of nitro benzene ring substituents is 1. The molecule has 1 N–H and O–H groups in total. The molecule has 0 bridgehead atoms. The predicted octanol–water partition coefficient (Wildman–Crippen LogP) is 3.51. The van der Waals surface area contributed by atoms with Crippen molar-refractivity contribution in [2.45, 2.75) is 4.90 Å². The van der Waals surface area contributed by atoms with Crippen LogP contribution in [0, 0.1) is 10.1 Å². The first kappa shape index (κ1) is 19.2. The van der Waals surface area contributed by atoms with E-state index in [1.807, 2.05) is 30.5 Å². The van der Waals surface area contributed by atoms with Crippen molar-refractivity contribution < 1.29 is 19.2 Å². The third-order valence-corrected chi connectivity index (χ3v) is 3.99. The van der Waals surface area contributed by atoms with Crippen LogP contribution in [0.25, 0.3) is 6.08 Å². The van der Waals surface area contributed by atoms with Crippen molar-refractivity contribution in [2.75, 3.05) is 18.2 Å². The minimum atomic E-state index is -0.684. The molecule has 0 saturated heterocycles. The lowest BCUT2D eigenvalue weighted by atomic mass is 10.2. The summed E-state index contributed by atoms with van der Waals surface area (Å²) in [6.45, 7) is -0.541. The lowest BCUT2D eigenvalue weighted by Crippen LogP contribution is -2.20. The molecule has 0 aliphatic rings. The summed E-state index contributed by atoms with van der Waals surface area (Å²) in [6, 6.07) is 13.3. The molecule has 0 heterocycles. The number of hydrogen-bond acceptors (Lipinski definition) is 6. The second-order valence-electron chi connectivity index (χ2n) is 5.04. The number of nitrogens with one attached hydrogen (secondary N) is 1. The maximum Gasteiger partial charge on any atom is 0.331 e. The molecule has 0 aromatic heterocycles. The van der Waals surface area contributed by atoms with Crippen LogP contribution in [0.15, 0.2) is 59.5 Å². The lowest BCUT2D eigenvalue weighted by Gasteiger charge is -2.05. The molecule has 0 atom stereocenters. The first-order valence-corrected chi connectivity index (χ1v) is 8.74. The number of rotatable bonds is 7. The van der Waals surface area contributed by atoms with Gasteiger partial charge in [-0.05, 0) is 36.1 Å². The molecule has 0 fully saturated rings. The highest BCUT2D eigenvalue weighted by Crippen LogP contribution is 2.22. The van der Waals surface area contributed by atoms with Crippen molar-refractivity contribution in [2.24, 2.45) is 0 Å². The number of amides is 1. The Hall–Kier alpha value is -3.13. The van der Waals surface area contributed by atoms with E-state index in [1.165, 1.54) is 24.3 Å². The first-order valence-electron chi connectivity index (χ1n) is 7.52. The van der Waals surface area contributed by atoms with Gasteiger partial charge in [0.15, 0.2) is 6.61 Å². The summed E-state index contributed by atoms with van der Waals surface area (Å²) < 4.78 is 4.83. The molecule has 2 aromatic rings. The van der Waals surface area contributed by atoms with Crippen molar-refractivity contribution in [3.63, 3.8) is 0 Å². The van der Waals surface area contributed by atoms with Gasteiger partial charge in [-0.2, -0.15) is 0 Å². The molecule has 0 saturated carbocycles. The minimum absolute atomic E-state index is 0.0444. The van der Waals surface area contributed by atoms with E-state index in [0.717, 1.165) is 10.5 Å². The van der Waals surface area contributed by atoms with Gasteiger partial charge in [-0.15, -0.1) is 11.8 Å². The summed E-state index contributed by atoms with van der Waals surface area (Å²) in [7, 11) is 0. The molecule has 0 aliphatic carbocycles. The summed E-state index contributed by atoms with van der Waals surface area (Å²) in [6.07, 6.45) is 4.76. The monoisotopic (exact) mass is 372 g/mol. The van der Waals surface area contributed by atoms with Gasteiger partial charge in [0, 0.05) is 17.0 Å². The van der Waals surface area contributed by atoms with Gasteiger partial charge in [-0.3, -0.25) is 14.9 Å². The average Bonchev–Trinajstić information content (AvgIpc) is 2.65. The van der Waals surface area contributed by atoms with Gasteiger partial charge in [-0.1, -0.05) is 24.3 Å². The summed E-state index contributed by atoms with van der Waals surface area (Å²) in [5.41, 5.74) is 0.632. The molecule has 2 aromatic carbocycles. The van der Waals surface area contributed by atoms with Crippen molar-refractivity contribution in [1.82, 2.24) is 0 Å². The Balaban J connectivity index is 1.86. The fraction of sp³-hybridized carbons (Fsp3) is 0.111. The Morgan fingerprint density at radius 1 is 1.19 bits per heavy atom. The van der Waals surface area contributed by atoms with E-state index in [-0.39, 0.29) is 11.4 Å². The van der Waals surface area contributed by atoms with Crippen molar-refractivity contribution >= 4 is 41.1 Å². The van der Waals surface area contributed by atoms with E-state index in [1.54, 1.807) is 23.9 Å². The van der Waals surface area contributed by atoms with Gasteiger partial charge in [-0.25, -0.2) is 4.79 Å². The highest BCUT2D eigenvalue weighted by Gasteiger charge is 2.15. The quantitative estimate of drug-likeness (QED) is 0.263. The Morgan fingerprint density at radius 3 is 2.54 bits per heavy atom. The van der Waals surface area contributed by atoms with Crippen molar-refractivity contribution in [1.29, 1.82) is 0 Å². The van der Waals surface area contributed by atoms with Crippen molar-refractivity contribution in [3.8, 4) is 0 Å². The van der Waals surface area contributed by atoms with E-state index in [4.69, 9.17) is 4.74 Å². The van der Waals surface area contributed by atoms with E-state index in [0.29, 0.717) is 0 Å². The molecule has 7 nitrogen and oxygen atoms in total. The van der Waals surface area contributed by atoms with Crippen LogP contribution in [0.5, 0.6) is 0 Å². The number of nitro groups is 1. The van der Waals surface area contributed by atoms with Gasteiger partial charge < -0.3 is 10.1 Å². The molecule has 134 valence electrons. The molecular weight excluding hydrogens is 356 g/mol. The average molecular weight is 372 g/mol. The lowest BCUT2D eigenvalue weighted by molar-refractivity contribution is -0.383. The highest BCUT2D eigenvalue weighted by atomic mass is 32.2. The predicted molar refractivity (Wildman–Crippen MR) is 99.9 cm³/mol. The van der Waals surface area contributed by atoms with Gasteiger partial charge in [0.05, 0.1) is 4.92 Å². The fourth-order valence-electron chi connectivity index (χ4n) is 1.99. The van der Waals surface area contributed by atoms with Crippen LogP contribution in [-0.2, 0) is 14.3 Å². The zero-order valence-corrected chi connectivity index (χ0v) is 14.7. The van der Waals surface area contributed by atoms with Crippen LogP contribution in [-0.4, -0.2) is 29.7 Å². The largest absolute Gasteiger partial charge is 0.452 e. The maximum absolute atomic E-state index is 11.8. The topological polar surface area (TPSA) is 98.5 Å². The second-order valence-corrected chi connectivity index (χ2v) is 5.92. The number of anilines is 1. The van der Waals surface area contributed by atoms with Crippen molar-refractivity contribution in [3.05, 3.63) is 70.3 Å². The molecule has 0 spiro atoms. The van der Waals surface area contributed by atoms with Crippen LogP contribution in [0.2, 0.25) is 0 Å². The van der Waals surface area contributed by atoms with Crippen LogP contribution in [0.4, 0.5) is 11.4 Å². The van der Waals surface area contributed by atoms with E-state index in [2.05, 4.69) is 5.32 Å². The molecule has 0 radical (unpaired) electrons. The Bertz CT molecular complexity index is 834. The zero-order chi connectivity index (χ0) is 18.9. The summed E-state index contributed by atoms with van der Waals surface area (Å²) in [5, 5.41) is 13.2. The number of nitrogens with zero attached hydrogens (tertiary/aromatic N) is 1. The molecule has 0 aliphatic heterocycles. The van der Waals surface area contributed by atoms with Crippen LogP contribution in [0.3, 0.4) is 0 Å². The van der Waals surface area contributed by atoms with Crippen LogP contribution < -0.4 is 5.32 Å². The molecule has 2 rings (SSSR count). The van der Waals surface area contributed by atoms with Gasteiger partial charge in [0.1, 0.15) is 5.69 Å². The summed E-state index contributed by atoms with van der Waals surface area (Å²) >= 11 is 1.61. The number of ether oxygens (including phenoxy) is 1. The molecule has 8 heteroatoms. The van der Waals surface area contributed by atoms with Crippen LogP contribution >= 0.6 is 11.8 Å². The van der Waals surface area contributed by atoms with Gasteiger partial charge >= 0.3 is 5.97 Å². The molecular formula is C18H16N2O5S. The Kier molecular flexibility index (Phi) is 6.92. The maximum atomic E-state index is 11.8. The fourth-order valence-corrected chi connectivity index (χ4v) is 2.40. The number of thioether (sulfide) groups is 1. The Morgan fingerprint density at radius 2 is 1.88 bits per heavy atom. The van der Waals surface area contributed by atoms with E-state index >= 15 is 0 Å². The minimum Gasteiger partial charge on any atom is -0.452 e. The number of carbonyl (C=O) groups excluding carboxylic acids is 2. The third-order valence-electron chi connectivity index (χ3n) is 3.25. The SMILES string of the molecule is CSc1ccc(/C=C/C(=O)OCC(=O)Nc2ccccc2[N+](=O)[O-])cc1. The highest BCUT2D eigenvalue weighted by molar-refractivity contribution is 7.98. The second kappa shape index (κ2) is 9.38. The number of benzene rings is 2. The number of esters is 1. The first-order chi connectivity index (χ1) is 12.5. The molecule has 26 heavy (non-hydrogen) atoms. The standard InChI is InChI=1S/C18H16N2O5S/c1-26-14-9-6-13(7-10-14)8-11-18(22)25-12-17(21)19-15-4-2-3-5-16(15)20(23)24/h2-11H,12H2,1H3,(H,19,21)/b11-8+. The summed E-state index contributed by atoms with van der Waals surface area (Å²) in [4.78, 5) is 34.9. The molecule has 0 unspecified atom stereocenters. The van der Waals surface area contributed by atoms with E-state index in [9.17, 15) is 19.7 Å². The smallest absolute Gasteiger partial charge is 0.331 e. The number of carbonyl (C=O) groups is 2. The van der Waals surface area contributed by atoms with Gasteiger partial charge in [0.25, 0.3) is 11.6 Å². The Labute approximate surface area is 154 Å². The van der Waals surface area contributed by atoms with E-state index < -0.39 is 23.4 Å².